The zero-order valence-corrected chi connectivity index (χ0v) is 11.5. The fourth-order valence-corrected chi connectivity index (χ4v) is 2.52. The Morgan fingerprint density at radius 2 is 2.00 bits per heavy atom. The van der Waals surface area contributed by atoms with Gasteiger partial charge in [0, 0.05) is 19.2 Å². The second kappa shape index (κ2) is 8.90. The van der Waals surface area contributed by atoms with E-state index in [9.17, 15) is 5.11 Å². The molecule has 102 valence electrons. The first-order valence-electron chi connectivity index (χ1n) is 7.20. The smallest absolute Gasteiger partial charge is 0.0900 e. The van der Waals surface area contributed by atoms with E-state index in [4.69, 9.17) is 4.74 Å². The fraction of sp³-hybridized carbons (Fsp3) is 1.00. The summed E-state index contributed by atoms with van der Waals surface area (Å²) in [6, 6.07) is 0.675. The van der Waals surface area contributed by atoms with Crippen LogP contribution in [0.1, 0.15) is 51.9 Å². The molecule has 17 heavy (non-hydrogen) atoms. The molecule has 0 spiro atoms. The zero-order chi connectivity index (χ0) is 12.5. The Labute approximate surface area is 106 Å². The monoisotopic (exact) mass is 243 g/mol. The second-order valence-corrected chi connectivity index (χ2v) is 5.31. The minimum Gasteiger partial charge on any atom is -0.389 e. The molecule has 0 heterocycles. The Hall–Kier alpha value is -0.120. The first kappa shape index (κ1) is 14.9. The maximum atomic E-state index is 9.88. The summed E-state index contributed by atoms with van der Waals surface area (Å²) in [4.78, 5) is 2.31. The van der Waals surface area contributed by atoms with Crippen LogP contribution >= 0.6 is 0 Å². The summed E-state index contributed by atoms with van der Waals surface area (Å²) < 4.78 is 5.45. The van der Waals surface area contributed by atoms with E-state index >= 15 is 0 Å². The normalized spacial score (nSPS) is 19.8. The van der Waals surface area contributed by atoms with Gasteiger partial charge in [0.15, 0.2) is 0 Å². The molecule has 3 nitrogen and oxygen atoms in total. The maximum Gasteiger partial charge on any atom is 0.0900 e. The molecule has 1 saturated carbocycles. The summed E-state index contributed by atoms with van der Waals surface area (Å²) >= 11 is 0. The van der Waals surface area contributed by atoms with E-state index in [1.807, 2.05) is 0 Å². The van der Waals surface area contributed by atoms with E-state index in [-0.39, 0.29) is 6.10 Å². The molecule has 1 rings (SSSR count). The van der Waals surface area contributed by atoms with Crippen molar-refractivity contribution in [3.8, 4) is 0 Å². The summed E-state index contributed by atoms with van der Waals surface area (Å²) in [5.74, 6) is 0. The molecule has 1 fully saturated rings. The number of hydrogen-bond donors (Lipinski definition) is 1. The van der Waals surface area contributed by atoms with E-state index in [0.29, 0.717) is 12.6 Å². The number of aliphatic hydroxyl groups is 1. The van der Waals surface area contributed by atoms with Gasteiger partial charge < -0.3 is 14.7 Å². The number of likely N-dealkylation sites (N-methyl/N-ethyl adjacent to an activating group) is 1. The standard InChI is InChI=1S/C14H29NO2/c1-3-4-10-17-12-14(16)11-15(2)13-8-6-5-7-9-13/h13-14,16H,3-12H2,1-2H3. The average Bonchev–Trinajstić information content (AvgIpc) is 2.36. The Balaban J connectivity index is 2.09. The van der Waals surface area contributed by atoms with Gasteiger partial charge in [0.05, 0.1) is 12.7 Å². The molecule has 0 amide bonds. The number of nitrogens with zero attached hydrogens (tertiary/aromatic N) is 1. The van der Waals surface area contributed by atoms with Gasteiger partial charge in [-0.1, -0.05) is 32.6 Å². The van der Waals surface area contributed by atoms with Gasteiger partial charge in [0.25, 0.3) is 0 Å². The highest BCUT2D eigenvalue weighted by atomic mass is 16.5. The van der Waals surface area contributed by atoms with Crippen molar-refractivity contribution < 1.29 is 9.84 Å². The van der Waals surface area contributed by atoms with E-state index in [0.717, 1.165) is 26.0 Å². The van der Waals surface area contributed by atoms with E-state index in [1.165, 1.54) is 32.1 Å². The Bertz CT molecular complexity index is 181. The summed E-state index contributed by atoms with van der Waals surface area (Å²) in [7, 11) is 2.13. The van der Waals surface area contributed by atoms with Gasteiger partial charge in [-0.15, -0.1) is 0 Å². The summed E-state index contributed by atoms with van der Waals surface area (Å²) in [6.45, 7) is 4.16. The van der Waals surface area contributed by atoms with E-state index in [2.05, 4.69) is 18.9 Å². The van der Waals surface area contributed by atoms with Crippen molar-refractivity contribution in [1.82, 2.24) is 4.90 Å². The van der Waals surface area contributed by atoms with Crippen molar-refractivity contribution >= 4 is 0 Å². The number of unbranched alkanes of at least 4 members (excludes halogenated alkanes) is 1. The van der Waals surface area contributed by atoms with Crippen LogP contribution < -0.4 is 0 Å². The predicted molar refractivity (Wildman–Crippen MR) is 71.2 cm³/mol. The quantitative estimate of drug-likeness (QED) is 0.665. The van der Waals surface area contributed by atoms with Gasteiger partial charge in [-0.25, -0.2) is 0 Å². The lowest BCUT2D eigenvalue weighted by molar-refractivity contribution is 0.0104. The summed E-state index contributed by atoms with van der Waals surface area (Å²) in [5, 5.41) is 9.88. The minimum atomic E-state index is -0.334. The van der Waals surface area contributed by atoms with Gasteiger partial charge in [0.1, 0.15) is 0 Å². The van der Waals surface area contributed by atoms with Crippen LogP contribution in [0.3, 0.4) is 0 Å². The van der Waals surface area contributed by atoms with Crippen molar-refractivity contribution in [1.29, 1.82) is 0 Å². The van der Waals surface area contributed by atoms with Crippen LogP contribution in [-0.2, 0) is 4.74 Å². The maximum absolute atomic E-state index is 9.88. The fourth-order valence-electron chi connectivity index (χ4n) is 2.52. The Morgan fingerprint density at radius 3 is 2.65 bits per heavy atom. The first-order valence-corrected chi connectivity index (χ1v) is 7.20. The second-order valence-electron chi connectivity index (χ2n) is 5.31. The van der Waals surface area contributed by atoms with E-state index in [1.54, 1.807) is 0 Å². The average molecular weight is 243 g/mol. The Morgan fingerprint density at radius 1 is 1.29 bits per heavy atom. The topological polar surface area (TPSA) is 32.7 Å². The molecular weight excluding hydrogens is 214 g/mol. The lowest BCUT2D eigenvalue weighted by atomic mass is 9.94. The van der Waals surface area contributed by atoms with Crippen molar-refractivity contribution in [2.45, 2.75) is 64.0 Å². The molecule has 1 aliphatic carbocycles. The molecule has 0 aromatic carbocycles. The molecule has 1 atom stereocenters. The van der Waals surface area contributed by atoms with Gasteiger partial charge in [-0.05, 0) is 26.3 Å². The first-order chi connectivity index (χ1) is 8.24. The molecule has 0 aliphatic heterocycles. The molecule has 1 N–H and O–H groups in total. The third-order valence-electron chi connectivity index (χ3n) is 3.65. The highest BCUT2D eigenvalue weighted by Crippen LogP contribution is 2.21. The molecule has 0 aromatic heterocycles. The van der Waals surface area contributed by atoms with Crippen molar-refractivity contribution in [2.75, 3.05) is 26.8 Å². The van der Waals surface area contributed by atoms with Crippen LogP contribution in [0.25, 0.3) is 0 Å². The Kier molecular flexibility index (Phi) is 7.82. The lowest BCUT2D eigenvalue weighted by Gasteiger charge is -2.32. The van der Waals surface area contributed by atoms with Crippen LogP contribution in [0.2, 0.25) is 0 Å². The third-order valence-corrected chi connectivity index (χ3v) is 3.65. The van der Waals surface area contributed by atoms with Crippen LogP contribution in [0.4, 0.5) is 0 Å². The van der Waals surface area contributed by atoms with E-state index < -0.39 is 0 Å². The molecule has 0 saturated heterocycles. The van der Waals surface area contributed by atoms with Crippen LogP contribution in [0, 0.1) is 0 Å². The number of rotatable bonds is 8. The third kappa shape index (κ3) is 6.39. The van der Waals surface area contributed by atoms with Crippen molar-refractivity contribution in [3.63, 3.8) is 0 Å². The largest absolute Gasteiger partial charge is 0.389 e. The summed E-state index contributed by atoms with van der Waals surface area (Å²) in [6.07, 6.45) is 8.56. The van der Waals surface area contributed by atoms with Crippen molar-refractivity contribution in [2.24, 2.45) is 0 Å². The van der Waals surface area contributed by atoms with Crippen LogP contribution in [-0.4, -0.2) is 49.0 Å². The molecule has 0 bridgehead atoms. The molecule has 0 aromatic rings. The molecule has 3 heteroatoms. The number of ether oxygens (including phenoxy) is 1. The van der Waals surface area contributed by atoms with Crippen molar-refractivity contribution in [3.05, 3.63) is 0 Å². The van der Waals surface area contributed by atoms with Crippen LogP contribution in [0.15, 0.2) is 0 Å². The van der Waals surface area contributed by atoms with Gasteiger partial charge in [0.2, 0.25) is 0 Å². The van der Waals surface area contributed by atoms with Crippen LogP contribution in [0.5, 0.6) is 0 Å². The number of hydrogen-bond acceptors (Lipinski definition) is 3. The molecule has 0 radical (unpaired) electrons. The molecule has 1 unspecified atom stereocenters. The molecule has 1 aliphatic rings. The molecular formula is C14H29NO2. The summed E-state index contributed by atoms with van der Waals surface area (Å²) in [5.41, 5.74) is 0. The minimum absolute atomic E-state index is 0.334. The number of aliphatic hydroxyl groups excluding tert-OH is 1. The highest BCUT2D eigenvalue weighted by molar-refractivity contribution is 4.75. The SMILES string of the molecule is CCCCOCC(O)CN(C)C1CCCCC1. The van der Waals surface area contributed by atoms with Gasteiger partial charge in [-0.2, -0.15) is 0 Å². The highest BCUT2D eigenvalue weighted by Gasteiger charge is 2.19. The zero-order valence-electron chi connectivity index (χ0n) is 11.5. The predicted octanol–water partition coefficient (Wildman–Crippen LogP) is 2.43. The lowest BCUT2D eigenvalue weighted by Crippen LogP contribution is -2.40. The van der Waals surface area contributed by atoms with Gasteiger partial charge in [-0.3, -0.25) is 0 Å². The van der Waals surface area contributed by atoms with Gasteiger partial charge >= 0.3 is 0 Å².